The quantitative estimate of drug-likeness (QED) is 0.731. The first-order valence-corrected chi connectivity index (χ1v) is 6.32. The average molecular weight is 238 g/mol. The number of hydrogen-bond donors (Lipinski definition) is 1. The van der Waals surface area contributed by atoms with Gasteiger partial charge in [-0.1, -0.05) is 0 Å². The fourth-order valence-electron chi connectivity index (χ4n) is 3.12. The van der Waals surface area contributed by atoms with E-state index in [1.165, 1.54) is 0 Å². The van der Waals surface area contributed by atoms with Crippen LogP contribution >= 0.6 is 0 Å². The Morgan fingerprint density at radius 3 is 2.71 bits per heavy atom. The molecule has 0 aromatic rings. The van der Waals surface area contributed by atoms with E-state index in [1.807, 2.05) is 11.8 Å². The number of ether oxygens (including phenoxy) is 1. The van der Waals surface area contributed by atoms with E-state index < -0.39 is 5.54 Å². The van der Waals surface area contributed by atoms with Crippen LogP contribution in [0, 0.1) is 5.92 Å². The molecule has 2 unspecified atom stereocenters. The number of amides is 2. The second kappa shape index (κ2) is 3.70. The van der Waals surface area contributed by atoms with Crippen molar-refractivity contribution in [2.75, 3.05) is 19.8 Å². The number of piperazine rings is 1. The molecule has 0 aromatic heterocycles. The molecule has 1 N–H and O–H groups in total. The van der Waals surface area contributed by atoms with E-state index >= 15 is 0 Å². The molecular formula is C12H18N2O3. The summed E-state index contributed by atoms with van der Waals surface area (Å²) in [5.41, 5.74) is -0.645. The molecule has 2 saturated heterocycles. The van der Waals surface area contributed by atoms with Crippen LogP contribution in [0.1, 0.15) is 26.2 Å². The Morgan fingerprint density at radius 1 is 1.35 bits per heavy atom. The van der Waals surface area contributed by atoms with Crippen LogP contribution in [0.3, 0.4) is 0 Å². The van der Waals surface area contributed by atoms with Crippen molar-refractivity contribution < 1.29 is 14.3 Å². The zero-order valence-electron chi connectivity index (χ0n) is 10.1. The average Bonchev–Trinajstić information content (AvgIpc) is 3.04. The van der Waals surface area contributed by atoms with Crippen molar-refractivity contribution in [3.05, 3.63) is 0 Å². The van der Waals surface area contributed by atoms with Gasteiger partial charge in [-0.3, -0.25) is 9.59 Å². The van der Waals surface area contributed by atoms with Crippen LogP contribution < -0.4 is 5.32 Å². The third-order valence-electron chi connectivity index (χ3n) is 4.27. The molecule has 3 fully saturated rings. The molecule has 3 rings (SSSR count). The highest BCUT2D eigenvalue weighted by atomic mass is 16.5. The van der Waals surface area contributed by atoms with E-state index in [9.17, 15) is 9.59 Å². The summed E-state index contributed by atoms with van der Waals surface area (Å²) < 4.78 is 5.36. The number of nitrogens with one attached hydrogen (secondary N) is 1. The first-order valence-electron chi connectivity index (χ1n) is 6.32. The van der Waals surface area contributed by atoms with Crippen LogP contribution in [-0.2, 0) is 14.3 Å². The first-order chi connectivity index (χ1) is 8.14. The Kier molecular flexibility index (Phi) is 2.40. The lowest BCUT2D eigenvalue weighted by molar-refractivity contribution is -0.157. The summed E-state index contributed by atoms with van der Waals surface area (Å²) >= 11 is 0. The normalized spacial score (nSPS) is 38.4. The van der Waals surface area contributed by atoms with Crippen molar-refractivity contribution in [2.24, 2.45) is 5.92 Å². The van der Waals surface area contributed by atoms with E-state index in [0.29, 0.717) is 19.1 Å². The second-order valence-electron chi connectivity index (χ2n) is 5.39. The van der Waals surface area contributed by atoms with Gasteiger partial charge in [-0.05, 0) is 32.1 Å². The lowest BCUT2D eigenvalue weighted by Crippen LogP contribution is -2.69. The Morgan fingerprint density at radius 2 is 2.12 bits per heavy atom. The molecule has 2 atom stereocenters. The van der Waals surface area contributed by atoms with Crippen LogP contribution in [0.25, 0.3) is 0 Å². The van der Waals surface area contributed by atoms with Gasteiger partial charge in [0, 0.05) is 6.61 Å². The van der Waals surface area contributed by atoms with Crippen LogP contribution in [0.15, 0.2) is 0 Å². The highest BCUT2D eigenvalue weighted by molar-refractivity contribution is 5.98. The van der Waals surface area contributed by atoms with Gasteiger partial charge in [-0.2, -0.15) is 0 Å². The standard InChI is InChI=1S/C12H18N2O3/c1-12(8-2-3-8)11(16)13-6-10(15)14(12)9-4-5-17-7-9/h8-9H,2-7H2,1H3,(H,13,16). The molecule has 0 radical (unpaired) electrons. The topological polar surface area (TPSA) is 58.6 Å². The van der Waals surface area contributed by atoms with E-state index in [-0.39, 0.29) is 24.4 Å². The maximum atomic E-state index is 12.2. The number of carbonyl (C=O) groups is 2. The predicted octanol–water partition coefficient (Wildman–Crippen LogP) is -0.0976. The highest BCUT2D eigenvalue weighted by Gasteiger charge is 2.56. The monoisotopic (exact) mass is 238 g/mol. The van der Waals surface area contributed by atoms with Gasteiger partial charge in [0.15, 0.2) is 0 Å². The summed E-state index contributed by atoms with van der Waals surface area (Å²) in [6.45, 7) is 3.31. The fourth-order valence-corrected chi connectivity index (χ4v) is 3.12. The fraction of sp³-hybridized carbons (Fsp3) is 0.833. The summed E-state index contributed by atoms with van der Waals surface area (Å²) in [7, 11) is 0. The Hall–Kier alpha value is -1.10. The summed E-state index contributed by atoms with van der Waals surface area (Å²) in [6.07, 6.45) is 2.93. The van der Waals surface area contributed by atoms with Gasteiger partial charge >= 0.3 is 0 Å². The lowest BCUT2D eigenvalue weighted by Gasteiger charge is -2.46. The van der Waals surface area contributed by atoms with Gasteiger partial charge in [0.05, 0.1) is 19.2 Å². The van der Waals surface area contributed by atoms with Gasteiger partial charge in [0.1, 0.15) is 5.54 Å². The van der Waals surface area contributed by atoms with Crippen molar-refractivity contribution >= 4 is 11.8 Å². The van der Waals surface area contributed by atoms with Gasteiger partial charge < -0.3 is 15.0 Å². The molecule has 1 aliphatic carbocycles. The summed E-state index contributed by atoms with van der Waals surface area (Å²) in [5, 5.41) is 2.73. The van der Waals surface area contributed by atoms with Gasteiger partial charge in [0.2, 0.25) is 11.8 Å². The lowest BCUT2D eigenvalue weighted by atomic mass is 9.88. The van der Waals surface area contributed by atoms with E-state index in [0.717, 1.165) is 19.3 Å². The summed E-state index contributed by atoms with van der Waals surface area (Å²) in [5.74, 6) is 0.369. The number of carbonyl (C=O) groups excluding carboxylic acids is 2. The van der Waals surface area contributed by atoms with Gasteiger partial charge in [-0.25, -0.2) is 0 Å². The summed E-state index contributed by atoms with van der Waals surface area (Å²) in [4.78, 5) is 26.1. The van der Waals surface area contributed by atoms with Crippen LogP contribution in [0.4, 0.5) is 0 Å². The van der Waals surface area contributed by atoms with Crippen molar-refractivity contribution in [3.8, 4) is 0 Å². The smallest absolute Gasteiger partial charge is 0.246 e. The molecule has 1 saturated carbocycles. The van der Waals surface area contributed by atoms with Crippen molar-refractivity contribution in [1.29, 1.82) is 0 Å². The first kappa shape index (κ1) is 11.0. The predicted molar refractivity (Wildman–Crippen MR) is 60.2 cm³/mol. The maximum absolute atomic E-state index is 12.2. The van der Waals surface area contributed by atoms with E-state index in [4.69, 9.17) is 4.74 Å². The minimum absolute atomic E-state index is 0.00602. The molecule has 17 heavy (non-hydrogen) atoms. The Labute approximate surface area is 100 Å². The molecule has 0 bridgehead atoms. The third kappa shape index (κ3) is 1.56. The van der Waals surface area contributed by atoms with Crippen molar-refractivity contribution in [1.82, 2.24) is 10.2 Å². The van der Waals surface area contributed by atoms with Crippen LogP contribution in [-0.4, -0.2) is 48.1 Å². The Balaban J connectivity index is 1.93. The SMILES string of the molecule is CC1(C2CC2)C(=O)NCC(=O)N1C1CCOC1. The zero-order valence-corrected chi connectivity index (χ0v) is 10.1. The molecule has 0 spiro atoms. The molecule has 5 heteroatoms. The minimum Gasteiger partial charge on any atom is -0.379 e. The minimum atomic E-state index is -0.645. The van der Waals surface area contributed by atoms with E-state index in [1.54, 1.807) is 0 Å². The highest BCUT2D eigenvalue weighted by Crippen LogP contribution is 2.45. The van der Waals surface area contributed by atoms with E-state index in [2.05, 4.69) is 5.32 Å². The maximum Gasteiger partial charge on any atom is 0.246 e. The number of rotatable bonds is 2. The molecule has 2 amide bonds. The van der Waals surface area contributed by atoms with Crippen LogP contribution in [0.5, 0.6) is 0 Å². The zero-order chi connectivity index (χ0) is 12.0. The van der Waals surface area contributed by atoms with Crippen LogP contribution in [0.2, 0.25) is 0 Å². The largest absolute Gasteiger partial charge is 0.379 e. The molecule has 0 aromatic carbocycles. The second-order valence-corrected chi connectivity index (χ2v) is 5.39. The summed E-state index contributed by atoms with van der Waals surface area (Å²) in [6, 6.07) is 0.0825. The molecular weight excluding hydrogens is 220 g/mol. The molecule has 2 aliphatic heterocycles. The van der Waals surface area contributed by atoms with Crippen molar-refractivity contribution in [2.45, 2.75) is 37.8 Å². The Bertz CT molecular complexity index is 361. The number of hydrogen-bond acceptors (Lipinski definition) is 3. The molecule has 3 aliphatic rings. The van der Waals surface area contributed by atoms with Gasteiger partial charge in [-0.15, -0.1) is 0 Å². The third-order valence-corrected chi connectivity index (χ3v) is 4.27. The molecule has 94 valence electrons. The van der Waals surface area contributed by atoms with Crippen molar-refractivity contribution in [3.63, 3.8) is 0 Å². The number of nitrogens with zero attached hydrogens (tertiary/aromatic N) is 1. The molecule has 5 nitrogen and oxygen atoms in total. The van der Waals surface area contributed by atoms with Gasteiger partial charge in [0.25, 0.3) is 0 Å². The molecule has 2 heterocycles.